The van der Waals surface area contributed by atoms with Crippen LogP contribution in [-0.4, -0.2) is 16.1 Å². The lowest BCUT2D eigenvalue weighted by Crippen LogP contribution is -2.26. The van der Waals surface area contributed by atoms with E-state index in [9.17, 15) is 4.79 Å². The molecule has 0 amide bonds. The smallest absolute Gasteiger partial charge is 0.269 e. The quantitative estimate of drug-likeness (QED) is 0.779. The first-order valence-electron chi connectivity index (χ1n) is 5.61. The highest BCUT2D eigenvalue weighted by Gasteiger charge is 1.94. The molecule has 0 saturated heterocycles. The van der Waals surface area contributed by atoms with Crippen LogP contribution in [0.2, 0.25) is 0 Å². The van der Waals surface area contributed by atoms with Crippen molar-refractivity contribution in [3.05, 3.63) is 64.8 Å². The number of rotatable bonds is 5. The maximum Gasteiger partial charge on any atom is 0.269 e. The van der Waals surface area contributed by atoms with Crippen LogP contribution < -0.4 is 10.9 Å². The molecule has 0 unspecified atom stereocenters. The first-order valence-corrected chi connectivity index (χ1v) is 5.61. The van der Waals surface area contributed by atoms with E-state index in [1.54, 1.807) is 17.0 Å². The molecule has 0 saturated carbocycles. The third kappa shape index (κ3) is 3.53. The number of hydrogen-bond acceptors (Lipinski definition) is 3. The van der Waals surface area contributed by atoms with Crippen LogP contribution in [0.25, 0.3) is 0 Å². The van der Waals surface area contributed by atoms with E-state index in [-0.39, 0.29) is 5.56 Å². The zero-order valence-corrected chi connectivity index (χ0v) is 9.54. The Morgan fingerprint density at radius 2 is 2.06 bits per heavy atom. The molecule has 2 aromatic rings. The van der Waals surface area contributed by atoms with Crippen LogP contribution in [0.3, 0.4) is 0 Å². The monoisotopic (exact) mass is 229 g/mol. The van der Waals surface area contributed by atoms with Crippen molar-refractivity contribution >= 4 is 0 Å². The summed E-state index contributed by atoms with van der Waals surface area (Å²) in [5.74, 6) is 0. The van der Waals surface area contributed by atoms with Gasteiger partial charge in [-0.1, -0.05) is 30.3 Å². The van der Waals surface area contributed by atoms with Gasteiger partial charge in [-0.25, -0.2) is 0 Å². The van der Waals surface area contributed by atoms with Crippen LogP contribution in [0, 0.1) is 0 Å². The highest BCUT2D eigenvalue weighted by Crippen LogP contribution is 1.96. The number of nitrogens with one attached hydrogen (secondary N) is 1. The molecule has 1 aromatic carbocycles. The van der Waals surface area contributed by atoms with Crippen molar-refractivity contribution in [1.82, 2.24) is 14.9 Å². The van der Waals surface area contributed by atoms with Gasteiger partial charge >= 0.3 is 0 Å². The second kappa shape index (κ2) is 5.96. The van der Waals surface area contributed by atoms with E-state index in [1.165, 1.54) is 11.8 Å². The van der Waals surface area contributed by atoms with E-state index in [0.29, 0.717) is 6.54 Å². The largest absolute Gasteiger partial charge is 0.311 e. The van der Waals surface area contributed by atoms with Crippen LogP contribution >= 0.6 is 0 Å². The minimum atomic E-state index is -0.0611. The molecule has 0 bridgehead atoms. The van der Waals surface area contributed by atoms with Crippen LogP contribution in [0.5, 0.6) is 0 Å². The Morgan fingerprint density at radius 3 is 2.82 bits per heavy atom. The highest BCUT2D eigenvalue weighted by molar-refractivity contribution is 5.14. The van der Waals surface area contributed by atoms with Crippen LogP contribution in [0.15, 0.2) is 53.7 Å². The molecule has 2 rings (SSSR count). The van der Waals surface area contributed by atoms with Gasteiger partial charge in [-0.2, -0.15) is 0 Å². The van der Waals surface area contributed by atoms with Gasteiger partial charge in [0.25, 0.3) is 5.56 Å². The molecule has 1 aromatic heterocycles. The number of benzene rings is 1. The fraction of sp³-hybridized carbons (Fsp3) is 0.231. The number of nitrogens with zero attached hydrogens (tertiary/aromatic N) is 2. The van der Waals surface area contributed by atoms with Crippen molar-refractivity contribution in [2.45, 2.75) is 13.1 Å². The Morgan fingerprint density at radius 1 is 1.24 bits per heavy atom. The SMILES string of the molecule is O=c1cnccn1CCNCc1ccccc1. The average Bonchev–Trinajstić information content (AvgIpc) is 2.38. The maximum absolute atomic E-state index is 11.4. The van der Waals surface area contributed by atoms with E-state index < -0.39 is 0 Å². The highest BCUT2D eigenvalue weighted by atomic mass is 16.1. The van der Waals surface area contributed by atoms with E-state index in [4.69, 9.17) is 0 Å². The Hall–Kier alpha value is -1.94. The summed E-state index contributed by atoms with van der Waals surface area (Å²) in [4.78, 5) is 15.1. The minimum Gasteiger partial charge on any atom is -0.311 e. The topological polar surface area (TPSA) is 46.9 Å². The third-order valence-electron chi connectivity index (χ3n) is 2.50. The molecule has 17 heavy (non-hydrogen) atoms. The first-order chi connectivity index (χ1) is 8.36. The lowest BCUT2D eigenvalue weighted by Gasteiger charge is -2.06. The normalized spacial score (nSPS) is 10.4. The van der Waals surface area contributed by atoms with Gasteiger partial charge in [-0.3, -0.25) is 9.78 Å². The molecule has 1 heterocycles. The van der Waals surface area contributed by atoms with Gasteiger partial charge in [0, 0.05) is 32.0 Å². The van der Waals surface area contributed by atoms with Crippen molar-refractivity contribution in [3.63, 3.8) is 0 Å². The van der Waals surface area contributed by atoms with Crippen molar-refractivity contribution in [1.29, 1.82) is 0 Å². The predicted octanol–water partition coefficient (Wildman–Crippen LogP) is 1.03. The van der Waals surface area contributed by atoms with Crippen molar-refractivity contribution in [2.24, 2.45) is 0 Å². The molecule has 1 N–H and O–H groups in total. The fourth-order valence-corrected chi connectivity index (χ4v) is 1.59. The summed E-state index contributed by atoms with van der Waals surface area (Å²) in [6.45, 7) is 2.24. The van der Waals surface area contributed by atoms with Crippen molar-refractivity contribution in [2.75, 3.05) is 6.54 Å². The fourth-order valence-electron chi connectivity index (χ4n) is 1.59. The van der Waals surface area contributed by atoms with Gasteiger partial charge < -0.3 is 9.88 Å². The third-order valence-corrected chi connectivity index (χ3v) is 2.50. The van der Waals surface area contributed by atoms with Crippen molar-refractivity contribution < 1.29 is 0 Å². The summed E-state index contributed by atoms with van der Waals surface area (Å²) in [5.41, 5.74) is 1.18. The Labute approximate surface area is 99.9 Å². The number of hydrogen-bond donors (Lipinski definition) is 1. The molecule has 0 spiro atoms. The molecule has 0 fully saturated rings. The lowest BCUT2D eigenvalue weighted by molar-refractivity contribution is 0.582. The predicted molar refractivity (Wildman–Crippen MR) is 66.6 cm³/mol. The maximum atomic E-state index is 11.4. The Kier molecular flexibility index (Phi) is 4.05. The summed E-state index contributed by atoms with van der Waals surface area (Å²) in [6, 6.07) is 10.2. The molecule has 88 valence electrons. The molecule has 4 nitrogen and oxygen atoms in total. The summed E-state index contributed by atoms with van der Waals surface area (Å²) in [5, 5.41) is 3.30. The number of aromatic nitrogens is 2. The average molecular weight is 229 g/mol. The van der Waals surface area contributed by atoms with E-state index in [2.05, 4.69) is 22.4 Å². The van der Waals surface area contributed by atoms with Crippen LogP contribution in [0.1, 0.15) is 5.56 Å². The summed E-state index contributed by atoms with van der Waals surface area (Å²) < 4.78 is 1.64. The van der Waals surface area contributed by atoms with Gasteiger partial charge in [-0.05, 0) is 5.56 Å². The molecule has 0 radical (unpaired) electrons. The Bertz CT molecular complexity index is 507. The minimum absolute atomic E-state index is 0.0611. The van der Waals surface area contributed by atoms with E-state index in [0.717, 1.165) is 13.1 Å². The van der Waals surface area contributed by atoms with Gasteiger partial charge in [-0.15, -0.1) is 0 Å². The molecule has 0 aliphatic carbocycles. The molecule has 4 heteroatoms. The summed E-state index contributed by atoms with van der Waals surface area (Å²) >= 11 is 0. The summed E-state index contributed by atoms with van der Waals surface area (Å²) in [6.07, 6.45) is 4.66. The molecular formula is C13H15N3O. The molecular weight excluding hydrogens is 214 g/mol. The summed E-state index contributed by atoms with van der Waals surface area (Å²) in [7, 11) is 0. The van der Waals surface area contributed by atoms with E-state index in [1.807, 2.05) is 18.2 Å². The zero-order valence-electron chi connectivity index (χ0n) is 9.54. The van der Waals surface area contributed by atoms with Gasteiger partial charge in [0.2, 0.25) is 0 Å². The molecule has 0 atom stereocenters. The molecule has 0 aliphatic rings. The van der Waals surface area contributed by atoms with Crippen molar-refractivity contribution in [3.8, 4) is 0 Å². The zero-order chi connectivity index (χ0) is 11.9. The Balaban J connectivity index is 1.78. The van der Waals surface area contributed by atoms with Gasteiger partial charge in [0.1, 0.15) is 0 Å². The lowest BCUT2D eigenvalue weighted by atomic mass is 10.2. The second-order valence-electron chi connectivity index (χ2n) is 3.77. The second-order valence-corrected chi connectivity index (χ2v) is 3.77. The van der Waals surface area contributed by atoms with Gasteiger partial charge in [0.05, 0.1) is 6.20 Å². The van der Waals surface area contributed by atoms with Crippen LogP contribution in [0.4, 0.5) is 0 Å². The molecule has 0 aliphatic heterocycles. The van der Waals surface area contributed by atoms with E-state index >= 15 is 0 Å². The standard InChI is InChI=1S/C13H15N3O/c17-13-11-15-7-9-16(13)8-6-14-10-12-4-2-1-3-5-12/h1-5,7,9,11,14H,6,8,10H2. The first kappa shape index (κ1) is 11.5. The van der Waals surface area contributed by atoms with Crippen LogP contribution in [-0.2, 0) is 13.1 Å². The van der Waals surface area contributed by atoms with Gasteiger partial charge in [0.15, 0.2) is 0 Å².